The van der Waals surface area contributed by atoms with Crippen LogP contribution in [0.4, 0.5) is 4.79 Å². The maximum atomic E-state index is 13.4. The molecule has 0 aliphatic heterocycles. The Morgan fingerprint density at radius 2 is 1.47 bits per heavy atom. The molecule has 0 saturated carbocycles. The summed E-state index contributed by atoms with van der Waals surface area (Å²) in [6.07, 6.45) is 0.187. The van der Waals surface area contributed by atoms with E-state index in [9.17, 15) is 24.0 Å². The quantitative estimate of drug-likeness (QED) is 0.0925. The summed E-state index contributed by atoms with van der Waals surface area (Å²) in [6.45, 7) is 21.2. The van der Waals surface area contributed by atoms with E-state index in [1.54, 1.807) is 86.2 Å². The Morgan fingerprint density at radius 3 is 1.96 bits per heavy atom. The van der Waals surface area contributed by atoms with Gasteiger partial charge in [-0.1, -0.05) is 41.5 Å². The molecule has 0 bridgehead atoms. The summed E-state index contributed by atoms with van der Waals surface area (Å²) in [7, 11) is 4.79. The number of nitrogens with one attached hydrogen (secondary N) is 1. The van der Waals surface area contributed by atoms with Crippen molar-refractivity contribution < 1.29 is 42.9 Å². The molecule has 264 valence electrons. The summed E-state index contributed by atoms with van der Waals surface area (Å²) in [5.74, 6) is -1.77. The van der Waals surface area contributed by atoms with Gasteiger partial charge in [-0.2, -0.15) is 0 Å². The highest BCUT2D eigenvalue weighted by Gasteiger charge is 2.30. The number of hydrogen-bond donors (Lipinski definition) is 1. The summed E-state index contributed by atoms with van der Waals surface area (Å²) >= 11 is 0. The molecule has 1 aromatic rings. The molecule has 1 aromatic carbocycles. The summed E-state index contributed by atoms with van der Waals surface area (Å²) < 4.78 is 22.3. The van der Waals surface area contributed by atoms with Gasteiger partial charge in [0, 0.05) is 35.7 Å². The number of amides is 2. The maximum Gasteiger partial charge on any atom is 0.408 e. The Labute approximate surface area is 287 Å². The third-order valence-electron chi connectivity index (χ3n) is 6.06. The van der Waals surface area contributed by atoms with Crippen molar-refractivity contribution in [2.75, 3.05) is 13.7 Å². The molecule has 0 aliphatic carbocycles. The van der Waals surface area contributed by atoms with Gasteiger partial charge in [-0.15, -0.1) is 0 Å². The average molecular weight is 697 g/mol. The minimum atomic E-state index is -1.18. The number of ether oxygens (including phenoxy) is 4. The van der Waals surface area contributed by atoms with Crippen molar-refractivity contribution in [1.29, 1.82) is 0 Å². The van der Waals surface area contributed by atoms with E-state index in [0.717, 1.165) is 10.6 Å². The van der Waals surface area contributed by atoms with Crippen LogP contribution in [-0.4, -0.2) is 65.9 Å². The van der Waals surface area contributed by atoms with Gasteiger partial charge in [0.15, 0.2) is 11.5 Å². The zero-order chi connectivity index (χ0) is 36.3. The second-order valence-electron chi connectivity index (χ2n) is 14.3. The van der Waals surface area contributed by atoms with Crippen LogP contribution in [-0.2, 0) is 35.1 Å². The van der Waals surface area contributed by atoms with Crippen molar-refractivity contribution in [3.63, 3.8) is 0 Å². The van der Waals surface area contributed by atoms with E-state index in [1.165, 1.54) is 27.8 Å². The highest BCUT2D eigenvalue weighted by atomic mass is 33.1. The molecule has 0 unspecified atom stereocenters. The van der Waals surface area contributed by atoms with Crippen LogP contribution in [0, 0.1) is 10.8 Å². The lowest BCUT2D eigenvalue weighted by Crippen LogP contribution is -2.45. The topological polar surface area (TPSA) is 138 Å². The fourth-order valence-electron chi connectivity index (χ4n) is 3.29. The smallest absolute Gasteiger partial charge is 0.408 e. The molecule has 0 fully saturated rings. The van der Waals surface area contributed by atoms with Crippen LogP contribution in [0.1, 0.15) is 95.1 Å². The molecule has 0 saturated heterocycles. The number of carbonyl (C=O) groups is 5. The Hall–Kier alpha value is -3.19. The number of benzene rings is 1. The minimum Gasteiger partial charge on any atom is -0.464 e. The first-order valence-electron chi connectivity index (χ1n) is 15.4. The number of carbonyl (C=O) groups excluding carboxylic acids is 5. The van der Waals surface area contributed by atoms with Gasteiger partial charge in [0.25, 0.3) is 0 Å². The summed E-state index contributed by atoms with van der Waals surface area (Å²) in [5.41, 5.74) is -1.27. The fraction of sp³-hybridized carbons (Fsp3) is 0.618. The summed E-state index contributed by atoms with van der Waals surface area (Å²) in [6, 6.07) is 3.40. The Morgan fingerprint density at radius 1 is 0.915 bits per heavy atom. The molecule has 47 heavy (non-hydrogen) atoms. The Kier molecular flexibility index (Phi) is 15.9. The second-order valence-corrected chi connectivity index (χ2v) is 17.2. The molecule has 0 radical (unpaired) electrons. The number of rotatable bonds is 14. The van der Waals surface area contributed by atoms with Gasteiger partial charge in [0.05, 0.1) is 17.4 Å². The molecular weight excluding hydrogens is 645 g/mol. The monoisotopic (exact) mass is 696 g/mol. The molecular formula is C34H52N2O9S2. The van der Waals surface area contributed by atoms with Gasteiger partial charge in [0.1, 0.15) is 11.6 Å². The van der Waals surface area contributed by atoms with Crippen molar-refractivity contribution in [3.05, 3.63) is 34.4 Å². The standard InChI is InChI=1S/C34H52N2O9S2/c1-21(2)46-47-27(22(3)36(13)20-37)16-17-42-28(38)24(35-31(41)45-34(10,11)12)18-23-14-15-25(43-29(39)32(4,5)6)26(19-23)44-30(40)33(7,8)9/h14-15,19-21,24H,16-18H2,1-13H3,(H,35,41)/b27-22-/t24-/m0/s1. The second kappa shape index (κ2) is 17.8. The maximum absolute atomic E-state index is 13.4. The van der Waals surface area contributed by atoms with E-state index in [0.29, 0.717) is 23.6 Å². The SMILES string of the molecule is C/C(=C(\CCOC(=O)[C@H](Cc1ccc(OC(=O)C(C)(C)C)c(OC(=O)C(C)(C)C)c1)NC(=O)OC(C)(C)C)SSC(C)C)N(C)C=O. The molecule has 1 rings (SSSR count). The predicted octanol–water partition coefficient (Wildman–Crippen LogP) is 7.07. The molecule has 0 aromatic heterocycles. The third kappa shape index (κ3) is 15.5. The van der Waals surface area contributed by atoms with E-state index < -0.39 is 46.5 Å². The molecule has 1 N–H and O–H groups in total. The van der Waals surface area contributed by atoms with Crippen LogP contribution in [0.2, 0.25) is 0 Å². The lowest BCUT2D eigenvalue weighted by Gasteiger charge is -2.24. The number of hydrogen-bond acceptors (Lipinski definition) is 11. The van der Waals surface area contributed by atoms with Gasteiger partial charge in [-0.25, -0.2) is 9.59 Å². The molecule has 1 atom stereocenters. The normalized spacial score (nSPS) is 13.2. The van der Waals surface area contributed by atoms with Crippen LogP contribution in [0.25, 0.3) is 0 Å². The number of esters is 3. The fourth-order valence-corrected chi connectivity index (χ4v) is 5.56. The van der Waals surface area contributed by atoms with Crippen molar-refractivity contribution in [3.8, 4) is 11.5 Å². The Balaban J connectivity index is 3.39. The van der Waals surface area contributed by atoms with Crippen LogP contribution >= 0.6 is 21.6 Å². The Bertz CT molecular complexity index is 1310. The summed E-state index contributed by atoms with van der Waals surface area (Å²) in [4.78, 5) is 65.4. The van der Waals surface area contributed by atoms with Gasteiger partial charge < -0.3 is 29.2 Å². The number of alkyl carbamates (subject to hydrolysis) is 1. The first-order valence-corrected chi connectivity index (χ1v) is 17.6. The lowest BCUT2D eigenvalue weighted by atomic mass is 9.97. The van der Waals surface area contributed by atoms with E-state index in [4.69, 9.17) is 18.9 Å². The van der Waals surface area contributed by atoms with Crippen LogP contribution in [0.3, 0.4) is 0 Å². The highest BCUT2D eigenvalue weighted by molar-refractivity contribution is 8.78. The zero-order valence-electron chi connectivity index (χ0n) is 30.0. The predicted molar refractivity (Wildman–Crippen MR) is 186 cm³/mol. The first kappa shape index (κ1) is 41.8. The highest BCUT2D eigenvalue weighted by Crippen LogP contribution is 2.38. The van der Waals surface area contributed by atoms with Crippen LogP contribution < -0.4 is 14.8 Å². The molecule has 0 aliphatic rings. The van der Waals surface area contributed by atoms with E-state index in [-0.39, 0.29) is 24.5 Å². The van der Waals surface area contributed by atoms with Crippen LogP contribution in [0.5, 0.6) is 11.5 Å². The average Bonchev–Trinajstić information content (AvgIpc) is 2.92. The molecule has 2 amide bonds. The van der Waals surface area contributed by atoms with Crippen LogP contribution in [0.15, 0.2) is 28.8 Å². The van der Waals surface area contributed by atoms with Gasteiger partial charge in [0.2, 0.25) is 6.41 Å². The van der Waals surface area contributed by atoms with Crippen molar-refractivity contribution in [2.45, 2.75) is 113 Å². The molecule has 13 heteroatoms. The van der Waals surface area contributed by atoms with E-state index in [1.807, 2.05) is 6.92 Å². The van der Waals surface area contributed by atoms with Gasteiger partial charge >= 0.3 is 24.0 Å². The number of nitrogens with zero attached hydrogens (tertiary/aromatic N) is 1. The first-order chi connectivity index (χ1) is 21.4. The zero-order valence-corrected chi connectivity index (χ0v) is 31.7. The largest absolute Gasteiger partial charge is 0.464 e. The van der Waals surface area contributed by atoms with Crippen molar-refractivity contribution in [1.82, 2.24) is 10.2 Å². The van der Waals surface area contributed by atoms with E-state index >= 15 is 0 Å². The van der Waals surface area contributed by atoms with Crippen molar-refractivity contribution >= 4 is 52.0 Å². The van der Waals surface area contributed by atoms with Crippen molar-refractivity contribution in [2.24, 2.45) is 10.8 Å². The third-order valence-corrected chi connectivity index (χ3v) is 9.29. The molecule has 11 nitrogen and oxygen atoms in total. The lowest BCUT2D eigenvalue weighted by molar-refractivity contribution is -0.146. The van der Waals surface area contributed by atoms with Gasteiger partial charge in [-0.05, 0) is 86.9 Å². The van der Waals surface area contributed by atoms with E-state index in [2.05, 4.69) is 19.2 Å². The molecule has 0 heterocycles. The number of allylic oxidation sites excluding steroid dienone is 1. The summed E-state index contributed by atoms with van der Waals surface area (Å²) in [5, 5.41) is 2.92. The molecule has 0 spiro atoms. The van der Waals surface area contributed by atoms with Gasteiger partial charge in [-0.3, -0.25) is 14.4 Å². The minimum absolute atomic E-state index is 0.00589.